The zero-order valence-corrected chi connectivity index (χ0v) is 15.2. The summed E-state index contributed by atoms with van der Waals surface area (Å²) in [5, 5.41) is 15.3. The van der Waals surface area contributed by atoms with Gasteiger partial charge in [0, 0.05) is 17.6 Å². The van der Waals surface area contributed by atoms with E-state index in [0.717, 1.165) is 11.3 Å². The first-order chi connectivity index (χ1) is 13.1. The van der Waals surface area contributed by atoms with Gasteiger partial charge in [0.2, 0.25) is 0 Å². The second-order valence-corrected chi connectivity index (χ2v) is 6.41. The fourth-order valence-electron chi connectivity index (χ4n) is 2.78. The molecule has 0 unspecified atom stereocenters. The van der Waals surface area contributed by atoms with E-state index in [0.29, 0.717) is 28.6 Å². The van der Waals surface area contributed by atoms with Gasteiger partial charge in [-0.15, -0.1) is 0 Å². The smallest absolute Gasteiger partial charge is 0.274 e. The Morgan fingerprint density at radius 2 is 1.74 bits per heavy atom. The van der Waals surface area contributed by atoms with Gasteiger partial charge < -0.3 is 10.6 Å². The third kappa shape index (κ3) is 4.31. The molecule has 5 nitrogen and oxygen atoms in total. The highest BCUT2D eigenvalue weighted by molar-refractivity contribution is 6.03. The van der Waals surface area contributed by atoms with Crippen LogP contribution in [-0.2, 0) is 0 Å². The number of hydrogen-bond acceptors (Lipinski definition) is 4. The van der Waals surface area contributed by atoms with E-state index >= 15 is 0 Å². The topological polar surface area (TPSA) is 77.8 Å². The zero-order valence-electron chi connectivity index (χ0n) is 15.2. The SMILES string of the molecule is CC(C)c1ccccc1NC(=O)c1cc(Nc2ccccc2C#N)ccn1. The molecule has 134 valence electrons. The van der Waals surface area contributed by atoms with E-state index < -0.39 is 0 Å². The second-order valence-electron chi connectivity index (χ2n) is 6.41. The molecule has 0 saturated carbocycles. The van der Waals surface area contributed by atoms with Gasteiger partial charge in [-0.2, -0.15) is 5.26 Å². The number of nitriles is 1. The van der Waals surface area contributed by atoms with Crippen LogP contribution in [-0.4, -0.2) is 10.9 Å². The normalized spacial score (nSPS) is 10.3. The number of aromatic nitrogens is 1. The minimum Gasteiger partial charge on any atom is -0.354 e. The number of para-hydroxylation sites is 2. The monoisotopic (exact) mass is 356 g/mol. The van der Waals surface area contributed by atoms with Crippen LogP contribution in [0.15, 0.2) is 66.9 Å². The summed E-state index contributed by atoms with van der Waals surface area (Å²) in [7, 11) is 0. The predicted octanol–water partition coefficient (Wildman–Crippen LogP) is 5.07. The van der Waals surface area contributed by atoms with Crippen molar-refractivity contribution in [1.29, 1.82) is 5.26 Å². The average Bonchev–Trinajstić information content (AvgIpc) is 2.69. The van der Waals surface area contributed by atoms with Gasteiger partial charge in [0.05, 0.1) is 11.3 Å². The molecule has 2 N–H and O–H groups in total. The number of nitrogens with one attached hydrogen (secondary N) is 2. The molecule has 1 amide bonds. The molecule has 2 aromatic carbocycles. The number of carbonyl (C=O) groups is 1. The summed E-state index contributed by atoms with van der Waals surface area (Å²) in [6, 6.07) is 20.5. The highest BCUT2D eigenvalue weighted by Gasteiger charge is 2.13. The van der Waals surface area contributed by atoms with Gasteiger partial charge in [-0.3, -0.25) is 9.78 Å². The predicted molar refractivity (Wildman–Crippen MR) is 107 cm³/mol. The molecule has 3 aromatic rings. The second kappa shape index (κ2) is 8.15. The zero-order chi connectivity index (χ0) is 19.2. The molecule has 3 rings (SSSR count). The molecule has 0 radical (unpaired) electrons. The van der Waals surface area contributed by atoms with E-state index in [-0.39, 0.29) is 5.91 Å². The van der Waals surface area contributed by atoms with Crippen molar-refractivity contribution < 1.29 is 4.79 Å². The first kappa shape index (κ1) is 18.2. The Morgan fingerprint density at radius 1 is 1.04 bits per heavy atom. The molecule has 5 heteroatoms. The van der Waals surface area contributed by atoms with Crippen LogP contribution in [0.25, 0.3) is 0 Å². The average molecular weight is 356 g/mol. The molecule has 0 spiro atoms. The maximum Gasteiger partial charge on any atom is 0.274 e. The van der Waals surface area contributed by atoms with Crippen LogP contribution in [0.5, 0.6) is 0 Å². The summed E-state index contributed by atoms with van der Waals surface area (Å²) in [6.45, 7) is 4.17. The van der Waals surface area contributed by atoms with Crippen molar-refractivity contribution in [2.24, 2.45) is 0 Å². The lowest BCUT2D eigenvalue weighted by Crippen LogP contribution is -2.15. The molecule has 0 saturated heterocycles. The van der Waals surface area contributed by atoms with Gasteiger partial charge in [0.1, 0.15) is 11.8 Å². The number of anilines is 3. The Labute approximate surface area is 158 Å². The molecule has 1 heterocycles. The Kier molecular flexibility index (Phi) is 5.48. The number of nitrogens with zero attached hydrogens (tertiary/aromatic N) is 2. The van der Waals surface area contributed by atoms with Gasteiger partial charge in [-0.25, -0.2) is 0 Å². The lowest BCUT2D eigenvalue weighted by atomic mass is 10.0. The number of hydrogen-bond donors (Lipinski definition) is 2. The number of benzene rings is 2. The summed E-state index contributed by atoms with van der Waals surface area (Å²) in [5.41, 5.74) is 4.06. The number of pyridine rings is 1. The third-order valence-corrected chi connectivity index (χ3v) is 4.15. The van der Waals surface area contributed by atoms with Crippen molar-refractivity contribution in [2.75, 3.05) is 10.6 Å². The van der Waals surface area contributed by atoms with Crippen LogP contribution in [0.2, 0.25) is 0 Å². The van der Waals surface area contributed by atoms with E-state index in [9.17, 15) is 10.1 Å². The minimum absolute atomic E-state index is 0.277. The molecule has 0 aliphatic heterocycles. The lowest BCUT2D eigenvalue weighted by molar-refractivity contribution is 0.102. The van der Waals surface area contributed by atoms with Gasteiger partial charge in [-0.1, -0.05) is 44.2 Å². The van der Waals surface area contributed by atoms with Crippen molar-refractivity contribution in [2.45, 2.75) is 19.8 Å². The molecular formula is C22H20N4O. The fourth-order valence-corrected chi connectivity index (χ4v) is 2.78. The van der Waals surface area contributed by atoms with Gasteiger partial charge in [0.15, 0.2) is 0 Å². The minimum atomic E-state index is -0.277. The van der Waals surface area contributed by atoms with Crippen LogP contribution in [0.3, 0.4) is 0 Å². The Morgan fingerprint density at radius 3 is 2.48 bits per heavy atom. The first-order valence-electron chi connectivity index (χ1n) is 8.71. The number of amides is 1. The van der Waals surface area contributed by atoms with E-state index in [4.69, 9.17) is 0 Å². The Balaban J connectivity index is 1.82. The maximum atomic E-state index is 12.7. The molecule has 1 aromatic heterocycles. The quantitative estimate of drug-likeness (QED) is 0.669. The molecule has 0 fully saturated rings. The molecule has 0 aliphatic rings. The van der Waals surface area contributed by atoms with Crippen molar-refractivity contribution in [3.8, 4) is 6.07 Å². The van der Waals surface area contributed by atoms with Crippen molar-refractivity contribution in [3.05, 3.63) is 83.7 Å². The van der Waals surface area contributed by atoms with E-state index in [1.807, 2.05) is 36.4 Å². The van der Waals surface area contributed by atoms with Crippen LogP contribution in [0, 0.1) is 11.3 Å². The molecular weight excluding hydrogens is 336 g/mol. The highest BCUT2D eigenvalue weighted by Crippen LogP contribution is 2.25. The van der Waals surface area contributed by atoms with E-state index in [1.165, 1.54) is 0 Å². The summed E-state index contributed by atoms with van der Waals surface area (Å²) in [6.07, 6.45) is 1.57. The van der Waals surface area contributed by atoms with Gasteiger partial charge >= 0.3 is 0 Å². The van der Waals surface area contributed by atoms with E-state index in [2.05, 4.69) is 35.5 Å². The molecule has 0 aliphatic carbocycles. The lowest BCUT2D eigenvalue weighted by Gasteiger charge is -2.14. The molecule has 0 atom stereocenters. The summed E-state index contributed by atoms with van der Waals surface area (Å²) in [5.74, 6) is 0.0188. The third-order valence-electron chi connectivity index (χ3n) is 4.15. The van der Waals surface area contributed by atoms with E-state index in [1.54, 1.807) is 30.5 Å². The summed E-state index contributed by atoms with van der Waals surface area (Å²) in [4.78, 5) is 16.8. The highest BCUT2D eigenvalue weighted by atomic mass is 16.1. The fraction of sp³-hybridized carbons (Fsp3) is 0.136. The van der Waals surface area contributed by atoms with Crippen LogP contribution >= 0.6 is 0 Å². The van der Waals surface area contributed by atoms with Gasteiger partial charge in [0.25, 0.3) is 5.91 Å². The molecule has 27 heavy (non-hydrogen) atoms. The first-order valence-corrected chi connectivity index (χ1v) is 8.71. The van der Waals surface area contributed by atoms with Crippen molar-refractivity contribution >= 4 is 23.0 Å². The summed E-state index contributed by atoms with van der Waals surface area (Å²) >= 11 is 0. The van der Waals surface area contributed by atoms with Crippen LogP contribution < -0.4 is 10.6 Å². The Hall–Kier alpha value is -3.65. The maximum absolute atomic E-state index is 12.7. The Bertz CT molecular complexity index is 1000. The molecule has 0 bridgehead atoms. The van der Waals surface area contributed by atoms with Crippen LogP contribution in [0.4, 0.5) is 17.1 Å². The van der Waals surface area contributed by atoms with Crippen LogP contribution in [0.1, 0.15) is 41.4 Å². The largest absolute Gasteiger partial charge is 0.354 e. The van der Waals surface area contributed by atoms with Crippen molar-refractivity contribution in [1.82, 2.24) is 4.98 Å². The number of carbonyl (C=O) groups excluding carboxylic acids is 1. The summed E-state index contributed by atoms with van der Waals surface area (Å²) < 4.78 is 0. The van der Waals surface area contributed by atoms with Gasteiger partial charge in [-0.05, 0) is 41.8 Å². The van der Waals surface area contributed by atoms with Crippen molar-refractivity contribution in [3.63, 3.8) is 0 Å². The number of rotatable bonds is 5. The standard InChI is InChI=1S/C22H20N4O/c1-15(2)18-8-4-6-10-20(18)26-22(27)21-13-17(11-12-24-21)25-19-9-5-3-7-16(19)14-23/h3-13,15H,1-2H3,(H,24,25)(H,26,27).